The minimum atomic E-state index is -0.721. The van der Waals surface area contributed by atoms with Crippen LogP contribution in [0.2, 0.25) is 0 Å². The number of carbonyl (C=O) groups is 1. The fourth-order valence-corrected chi connectivity index (χ4v) is 1.76. The highest BCUT2D eigenvalue weighted by molar-refractivity contribution is 5.75. The lowest BCUT2D eigenvalue weighted by Gasteiger charge is -2.01. The average Bonchev–Trinajstić information content (AvgIpc) is 2.97. The molecule has 0 bridgehead atoms. The molecule has 2 nitrogen and oxygen atoms in total. The van der Waals surface area contributed by atoms with Crippen LogP contribution >= 0.6 is 0 Å². The summed E-state index contributed by atoms with van der Waals surface area (Å²) < 4.78 is 0. The zero-order valence-electron chi connectivity index (χ0n) is 7.60. The van der Waals surface area contributed by atoms with E-state index in [1.807, 2.05) is 24.3 Å². The maximum Gasteiger partial charge on any atom is 0.307 e. The number of rotatable bonds is 2. The van der Waals surface area contributed by atoms with Gasteiger partial charge in [-0.05, 0) is 24.0 Å². The van der Waals surface area contributed by atoms with Gasteiger partial charge in [0.15, 0.2) is 0 Å². The molecule has 14 heavy (non-hydrogen) atoms. The van der Waals surface area contributed by atoms with Crippen molar-refractivity contribution in [1.29, 1.82) is 0 Å². The van der Waals surface area contributed by atoms with E-state index in [2.05, 4.69) is 5.92 Å². The maximum absolute atomic E-state index is 10.7. The second-order valence-corrected chi connectivity index (χ2v) is 3.52. The Balaban J connectivity index is 2.27. The molecule has 0 aromatic heterocycles. The molecule has 1 aromatic rings. The number of hydrogen-bond acceptors (Lipinski definition) is 1. The smallest absolute Gasteiger partial charge is 0.307 e. The Morgan fingerprint density at radius 2 is 2.21 bits per heavy atom. The third-order valence-corrected chi connectivity index (χ3v) is 2.62. The molecule has 70 valence electrons. The van der Waals surface area contributed by atoms with Gasteiger partial charge in [-0.25, -0.2) is 0 Å². The molecule has 2 rings (SSSR count). The Bertz CT molecular complexity index is 415. The van der Waals surface area contributed by atoms with Crippen molar-refractivity contribution >= 4 is 5.97 Å². The van der Waals surface area contributed by atoms with Gasteiger partial charge in [0.1, 0.15) is 0 Å². The molecule has 1 N–H and O–H groups in total. The van der Waals surface area contributed by atoms with E-state index in [1.165, 1.54) is 0 Å². The molecule has 2 heteroatoms. The van der Waals surface area contributed by atoms with Crippen LogP contribution in [-0.4, -0.2) is 11.1 Å². The molecule has 0 aliphatic heterocycles. The number of carboxylic acid groups (broad SMARTS) is 1. The van der Waals surface area contributed by atoms with Gasteiger partial charge in [0.2, 0.25) is 0 Å². The first-order chi connectivity index (χ1) is 6.74. The number of benzene rings is 1. The third kappa shape index (κ3) is 1.38. The lowest BCUT2D eigenvalue weighted by atomic mass is 10.0. The maximum atomic E-state index is 10.7. The van der Waals surface area contributed by atoms with Crippen molar-refractivity contribution < 1.29 is 9.90 Å². The van der Waals surface area contributed by atoms with Gasteiger partial charge in [0, 0.05) is 5.56 Å². The minimum absolute atomic E-state index is 0.125. The van der Waals surface area contributed by atoms with Crippen molar-refractivity contribution in [2.45, 2.75) is 12.3 Å². The van der Waals surface area contributed by atoms with Crippen molar-refractivity contribution in [3.63, 3.8) is 0 Å². The largest absolute Gasteiger partial charge is 0.481 e. The highest BCUT2D eigenvalue weighted by Crippen LogP contribution is 2.48. The van der Waals surface area contributed by atoms with E-state index < -0.39 is 5.97 Å². The van der Waals surface area contributed by atoms with Gasteiger partial charge in [-0.15, -0.1) is 6.42 Å². The Hall–Kier alpha value is -1.75. The van der Waals surface area contributed by atoms with Gasteiger partial charge in [-0.3, -0.25) is 4.79 Å². The highest BCUT2D eigenvalue weighted by atomic mass is 16.4. The molecule has 0 radical (unpaired) electrons. The predicted molar refractivity (Wildman–Crippen MR) is 52.9 cm³/mol. The van der Waals surface area contributed by atoms with Crippen LogP contribution in [0.15, 0.2) is 24.3 Å². The Morgan fingerprint density at radius 3 is 2.79 bits per heavy atom. The number of terminal acetylenes is 1. The summed E-state index contributed by atoms with van der Waals surface area (Å²) in [5.74, 6) is 1.76. The van der Waals surface area contributed by atoms with Crippen molar-refractivity contribution in [2.75, 3.05) is 0 Å². The molecule has 1 aliphatic rings. The Morgan fingerprint density at radius 1 is 1.50 bits per heavy atom. The Kier molecular flexibility index (Phi) is 2.01. The highest BCUT2D eigenvalue weighted by Gasteiger charge is 2.44. The van der Waals surface area contributed by atoms with Crippen LogP contribution < -0.4 is 0 Å². The molecule has 0 heterocycles. The van der Waals surface area contributed by atoms with Gasteiger partial charge >= 0.3 is 5.97 Å². The summed E-state index contributed by atoms with van der Waals surface area (Å²) in [6.07, 6.45) is 6.06. The molecule has 0 amide bonds. The van der Waals surface area contributed by atoms with Gasteiger partial charge < -0.3 is 5.11 Å². The summed E-state index contributed by atoms with van der Waals surface area (Å²) in [7, 11) is 0. The van der Waals surface area contributed by atoms with Crippen LogP contribution in [0, 0.1) is 18.3 Å². The SMILES string of the molecule is C#Cc1ccccc1[C@@H]1C[C@H]1C(=O)O. The summed E-state index contributed by atoms with van der Waals surface area (Å²) in [5.41, 5.74) is 1.82. The molecular formula is C12H10O2. The van der Waals surface area contributed by atoms with Crippen molar-refractivity contribution in [3.05, 3.63) is 35.4 Å². The quantitative estimate of drug-likeness (QED) is 0.716. The number of carboxylic acids is 1. The van der Waals surface area contributed by atoms with Crippen LogP contribution in [0.1, 0.15) is 23.5 Å². The summed E-state index contributed by atoms with van der Waals surface area (Å²) in [4.78, 5) is 10.7. The van der Waals surface area contributed by atoms with E-state index in [4.69, 9.17) is 11.5 Å². The first-order valence-electron chi connectivity index (χ1n) is 4.52. The van der Waals surface area contributed by atoms with Crippen molar-refractivity contribution in [2.24, 2.45) is 5.92 Å². The van der Waals surface area contributed by atoms with Crippen LogP contribution in [0.5, 0.6) is 0 Å². The molecule has 1 saturated carbocycles. The van der Waals surface area contributed by atoms with Crippen LogP contribution in [0.3, 0.4) is 0 Å². The molecule has 0 unspecified atom stereocenters. The zero-order chi connectivity index (χ0) is 10.1. The molecule has 0 spiro atoms. The van der Waals surface area contributed by atoms with Gasteiger partial charge in [-0.2, -0.15) is 0 Å². The molecule has 0 saturated heterocycles. The molecule has 1 aromatic carbocycles. The van der Waals surface area contributed by atoms with Gasteiger partial charge in [0.05, 0.1) is 5.92 Å². The van der Waals surface area contributed by atoms with Crippen LogP contribution in [0.25, 0.3) is 0 Å². The minimum Gasteiger partial charge on any atom is -0.481 e. The van der Waals surface area contributed by atoms with Crippen LogP contribution in [-0.2, 0) is 4.79 Å². The van der Waals surface area contributed by atoms with E-state index in [9.17, 15) is 4.79 Å². The summed E-state index contributed by atoms with van der Waals surface area (Å²) in [5, 5.41) is 8.80. The number of aliphatic carboxylic acids is 1. The second-order valence-electron chi connectivity index (χ2n) is 3.52. The van der Waals surface area contributed by atoms with E-state index in [0.29, 0.717) is 6.42 Å². The zero-order valence-corrected chi connectivity index (χ0v) is 7.60. The standard InChI is InChI=1S/C12H10O2/c1-2-8-5-3-4-6-9(8)10-7-11(10)12(13)14/h1,3-6,10-11H,7H2,(H,13,14)/t10-,11+/m0/s1. The second kappa shape index (κ2) is 3.19. The molecule has 1 fully saturated rings. The molecular weight excluding hydrogens is 176 g/mol. The van der Waals surface area contributed by atoms with E-state index in [-0.39, 0.29) is 11.8 Å². The van der Waals surface area contributed by atoms with E-state index in [1.54, 1.807) is 0 Å². The van der Waals surface area contributed by atoms with Crippen LogP contribution in [0.4, 0.5) is 0 Å². The third-order valence-electron chi connectivity index (χ3n) is 2.62. The fraction of sp³-hybridized carbons (Fsp3) is 0.250. The first kappa shape index (κ1) is 8.83. The summed E-state index contributed by atoms with van der Waals surface area (Å²) in [6.45, 7) is 0. The lowest BCUT2D eigenvalue weighted by molar-refractivity contribution is -0.138. The predicted octanol–water partition coefficient (Wildman–Crippen LogP) is 1.86. The first-order valence-corrected chi connectivity index (χ1v) is 4.52. The summed E-state index contributed by atoms with van der Waals surface area (Å²) >= 11 is 0. The Labute approximate surface area is 82.6 Å². The monoisotopic (exact) mass is 186 g/mol. The fourth-order valence-electron chi connectivity index (χ4n) is 1.76. The molecule has 1 aliphatic carbocycles. The van der Waals surface area contributed by atoms with Gasteiger partial charge in [0.25, 0.3) is 0 Å². The normalized spacial score (nSPS) is 23.9. The topological polar surface area (TPSA) is 37.3 Å². The van der Waals surface area contributed by atoms with E-state index in [0.717, 1.165) is 11.1 Å². The summed E-state index contributed by atoms with van der Waals surface area (Å²) in [6, 6.07) is 7.54. The average molecular weight is 186 g/mol. The molecule has 2 atom stereocenters. The van der Waals surface area contributed by atoms with Crippen molar-refractivity contribution in [3.8, 4) is 12.3 Å². The van der Waals surface area contributed by atoms with Crippen molar-refractivity contribution in [1.82, 2.24) is 0 Å². The number of hydrogen-bond donors (Lipinski definition) is 1. The van der Waals surface area contributed by atoms with E-state index >= 15 is 0 Å². The van der Waals surface area contributed by atoms with Gasteiger partial charge in [-0.1, -0.05) is 24.1 Å². The lowest BCUT2D eigenvalue weighted by Crippen LogP contribution is -1.99.